The molecule has 0 aliphatic rings. The van der Waals surface area contributed by atoms with E-state index < -0.39 is 6.10 Å². The standard InChI is InChI=1S/C66H124O6/c1-4-7-10-13-16-19-22-24-26-28-30-31-32-33-34-35-37-38-40-42-44-47-50-53-56-59-65(68)71-62-63(61-70-64(67)58-55-52-49-46-21-18-15-12-9-6-3)72-66(69)60-57-54-51-48-45-43-41-39-36-29-27-25-23-20-17-14-11-8-5-2/h22,24,28,30,63H,4-21,23,25-27,29,31-62H2,1-3H3/b24-22-,30-28-. The van der Waals surface area contributed by atoms with E-state index in [-0.39, 0.29) is 31.1 Å². The quantitative estimate of drug-likeness (QED) is 0.0261. The fourth-order valence-corrected chi connectivity index (χ4v) is 9.83. The first kappa shape index (κ1) is 69.9. The molecule has 0 rings (SSSR count). The summed E-state index contributed by atoms with van der Waals surface area (Å²) >= 11 is 0. The first-order valence-corrected chi connectivity index (χ1v) is 32.3. The molecule has 424 valence electrons. The van der Waals surface area contributed by atoms with E-state index in [4.69, 9.17) is 14.2 Å². The number of hydrogen-bond acceptors (Lipinski definition) is 6. The number of unbranched alkanes of at least 4 members (excludes halogenated alkanes) is 45. The lowest BCUT2D eigenvalue weighted by Crippen LogP contribution is -2.30. The Hall–Kier alpha value is -2.11. The van der Waals surface area contributed by atoms with Gasteiger partial charge in [0.05, 0.1) is 0 Å². The lowest BCUT2D eigenvalue weighted by molar-refractivity contribution is -0.167. The lowest BCUT2D eigenvalue weighted by atomic mass is 10.0. The molecular weight excluding hydrogens is 889 g/mol. The highest BCUT2D eigenvalue weighted by Crippen LogP contribution is 2.18. The molecule has 72 heavy (non-hydrogen) atoms. The summed E-state index contributed by atoms with van der Waals surface area (Å²) in [5.41, 5.74) is 0. The molecule has 0 radical (unpaired) electrons. The van der Waals surface area contributed by atoms with E-state index >= 15 is 0 Å². The number of ether oxygens (including phenoxy) is 3. The van der Waals surface area contributed by atoms with E-state index in [1.807, 2.05) is 0 Å². The van der Waals surface area contributed by atoms with Crippen molar-refractivity contribution in [2.24, 2.45) is 0 Å². The van der Waals surface area contributed by atoms with Crippen molar-refractivity contribution in [2.75, 3.05) is 13.2 Å². The summed E-state index contributed by atoms with van der Waals surface area (Å²) in [5, 5.41) is 0. The van der Waals surface area contributed by atoms with Crippen LogP contribution in [0, 0.1) is 0 Å². The van der Waals surface area contributed by atoms with Crippen LogP contribution in [0.15, 0.2) is 24.3 Å². The summed E-state index contributed by atoms with van der Waals surface area (Å²) in [6, 6.07) is 0. The molecule has 6 nitrogen and oxygen atoms in total. The van der Waals surface area contributed by atoms with Crippen molar-refractivity contribution < 1.29 is 28.6 Å². The molecule has 0 aliphatic carbocycles. The van der Waals surface area contributed by atoms with Crippen molar-refractivity contribution in [3.63, 3.8) is 0 Å². The number of carbonyl (C=O) groups excluding carboxylic acids is 3. The van der Waals surface area contributed by atoms with Gasteiger partial charge in [0.25, 0.3) is 0 Å². The van der Waals surface area contributed by atoms with Gasteiger partial charge in [-0.15, -0.1) is 0 Å². The van der Waals surface area contributed by atoms with Crippen molar-refractivity contribution in [3.8, 4) is 0 Å². The number of rotatable bonds is 60. The number of allylic oxidation sites excluding steroid dienone is 4. The summed E-state index contributed by atoms with van der Waals surface area (Å²) in [5.74, 6) is -0.840. The van der Waals surface area contributed by atoms with E-state index in [1.54, 1.807) is 0 Å². The average molecular weight is 1010 g/mol. The monoisotopic (exact) mass is 1010 g/mol. The van der Waals surface area contributed by atoms with E-state index in [0.717, 1.165) is 64.2 Å². The van der Waals surface area contributed by atoms with Gasteiger partial charge in [0.1, 0.15) is 13.2 Å². The fraction of sp³-hybridized carbons (Fsp3) is 0.894. The zero-order chi connectivity index (χ0) is 52.2. The van der Waals surface area contributed by atoms with E-state index in [9.17, 15) is 14.4 Å². The minimum absolute atomic E-state index is 0.0650. The molecule has 0 heterocycles. The number of hydrogen-bond donors (Lipinski definition) is 0. The third kappa shape index (κ3) is 58.8. The molecule has 0 saturated heterocycles. The van der Waals surface area contributed by atoms with Crippen LogP contribution in [0.4, 0.5) is 0 Å². The van der Waals surface area contributed by atoms with Crippen molar-refractivity contribution >= 4 is 17.9 Å². The number of esters is 3. The molecule has 0 fully saturated rings. The molecule has 0 amide bonds. The largest absolute Gasteiger partial charge is 0.462 e. The predicted molar refractivity (Wildman–Crippen MR) is 312 cm³/mol. The molecule has 0 aromatic rings. The average Bonchev–Trinajstić information content (AvgIpc) is 3.38. The Balaban J connectivity index is 4.17. The van der Waals surface area contributed by atoms with Crippen LogP contribution < -0.4 is 0 Å². The lowest BCUT2D eigenvalue weighted by Gasteiger charge is -2.18. The third-order valence-electron chi connectivity index (χ3n) is 14.7. The van der Waals surface area contributed by atoms with E-state index in [1.165, 1.54) is 257 Å². The first-order chi connectivity index (χ1) is 35.5. The van der Waals surface area contributed by atoms with E-state index in [2.05, 4.69) is 45.1 Å². The molecule has 1 unspecified atom stereocenters. The van der Waals surface area contributed by atoms with Gasteiger partial charge in [-0.3, -0.25) is 14.4 Å². The van der Waals surface area contributed by atoms with Crippen LogP contribution in [-0.2, 0) is 28.6 Å². The van der Waals surface area contributed by atoms with Crippen molar-refractivity contribution in [1.82, 2.24) is 0 Å². The molecule has 0 aromatic carbocycles. The molecule has 0 saturated carbocycles. The maximum absolute atomic E-state index is 12.9. The molecule has 0 aliphatic heterocycles. The second kappa shape index (κ2) is 61.4. The second-order valence-electron chi connectivity index (χ2n) is 22.0. The Morgan fingerprint density at radius 2 is 0.500 bits per heavy atom. The normalized spacial score (nSPS) is 12.1. The van der Waals surface area contributed by atoms with Crippen LogP contribution >= 0.6 is 0 Å². The molecule has 0 bridgehead atoms. The minimum atomic E-state index is -0.766. The van der Waals surface area contributed by atoms with Gasteiger partial charge in [0.2, 0.25) is 0 Å². The summed E-state index contributed by atoms with van der Waals surface area (Å²) < 4.78 is 16.9. The van der Waals surface area contributed by atoms with Crippen molar-refractivity contribution in [2.45, 2.75) is 367 Å². The highest BCUT2D eigenvalue weighted by Gasteiger charge is 2.19. The van der Waals surface area contributed by atoms with Gasteiger partial charge in [0, 0.05) is 19.3 Å². The van der Waals surface area contributed by atoms with Gasteiger partial charge >= 0.3 is 17.9 Å². The smallest absolute Gasteiger partial charge is 0.306 e. The van der Waals surface area contributed by atoms with Gasteiger partial charge in [-0.2, -0.15) is 0 Å². The van der Waals surface area contributed by atoms with Crippen LogP contribution in [0.25, 0.3) is 0 Å². The Kier molecular flexibility index (Phi) is 59.6. The molecule has 0 N–H and O–H groups in total. The summed E-state index contributed by atoms with van der Waals surface area (Å²) in [7, 11) is 0. The van der Waals surface area contributed by atoms with Gasteiger partial charge in [-0.05, 0) is 51.4 Å². The Morgan fingerprint density at radius 1 is 0.278 bits per heavy atom. The van der Waals surface area contributed by atoms with Crippen LogP contribution in [0.3, 0.4) is 0 Å². The minimum Gasteiger partial charge on any atom is -0.462 e. The number of carbonyl (C=O) groups is 3. The Morgan fingerprint density at radius 3 is 0.764 bits per heavy atom. The molecular formula is C66H124O6. The van der Waals surface area contributed by atoms with Crippen LogP contribution in [0.1, 0.15) is 361 Å². The van der Waals surface area contributed by atoms with Crippen LogP contribution in [0.5, 0.6) is 0 Å². The van der Waals surface area contributed by atoms with Gasteiger partial charge in [-0.25, -0.2) is 0 Å². The van der Waals surface area contributed by atoms with Crippen molar-refractivity contribution in [3.05, 3.63) is 24.3 Å². The molecule has 1 atom stereocenters. The Bertz CT molecular complexity index is 1160. The van der Waals surface area contributed by atoms with Crippen LogP contribution in [-0.4, -0.2) is 37.2 Å². The molecule has 6 heteroatoms. The van der Waals surface area contributed by atoms with Crippen molar-refractivity contribution in [1.29, 1.82) is 0 Å². The second-order valence-corrected chi connectivity index (χ2v) is 22.0. The molecule has 0 spiro atoms. The highest BCUT2D eigenvalue weighted by atomic mass is 16.6. The summed E-state index contributed by atoms with van der Waals surface area (Å²) in [6.45, 7) is 6.68. The van der Waals surface area contributed by atoms with Gasteiger partial charge in [-0.1, -0.05) is 315 Å². The topological polar surface area (TPSA) is 78.9 Å². The summed E-state index contributed by atoms with van der Waals surface area (Å²) in [6.07, 6.45) is 73.4. The summed E-state index contributed by atoms with van der Waals surface area (Å²) in [4.78, 5) is 38.2. The zero-order valence-electron chi connectivity index (χ0n) is 48.7. The first-order valence-electron chi connectivity index (χ1n) is 32.3. The maximum Gasteiger partial charge on any atom is 0.306 e. The SMILES string of the molecule is CCCCCCC/C=C\C/C=C\CCCCCCCCCCCCCCCC(=O)OCC(COC(=O)CCCCCCCCCCCC)OC(=O)CCCCCCCCCCCCCCCCCCCCC. The van der Waals surface area contributed by atoms with Crippen LogP contribution in [0.2, 0.25) is 0 Å². The zero-order valence-corrected chi connectivity index (χ0v) is 48.7. The highest BCUT2D eigenvalue weighted by molar-refractivity contribution is 5.71. The molecule has 0 aromatic heterocycles. The predicted octanol–water partition coefficient (Wildman–Crippen LogP) is 21.8. The van der Waals surface area contributed by atoms with Gasteiger partial charge < -0.3 is 14.2 Å². The maximum atomic E-state index is 12.9. The third-order valence-corrected chi connectivity index (χ3v) is 14.7. The van der Waals surface area contributed by atoms with Gasteiger partial charge in [0.15, 0.2) is 6.10 Å². The fourth-order valence-electron chi connectivity index (χ4n) is 9.83. The Labute approximate surface area is 449 Å². The van der Waals surface area contributed by atoms with E-state index in [0.29, 0.717) is 19.3 Å².